The molecule has 1 N–H and O–H groups in total. The highest BCUT2D eigenvalue weighted by Crippen LogP contribution is 2.42. The topological polar surface area (TPSA) is 41.6 Å². The van der Waals surface area contributed by atoms with E-state index >= 15 is 0 Å². The summed E-state index contributed by atoms with van der Waals surface area (Å²) in [5.41, 5.74) is 2.78. The number of hydrogen-bond acceptors (Lipinski definition) is 3. The van der Waals surface area contributed by atoms with E-state index in [1.807, 2.05) is 24.3 Å². The molecule has 2 fully saturated rings. The van der Waals surface area contributed by atoms with Gasteiger partial charge in [0.05, 0.1) is 12.0 Å². The molecule has 1 heterocycles. The predicted molar refractivity (Wildman–Crippen MR) is 131 cm³/mol. The first-order valence-electron chi connectivity index (χ1n) is 12.4. The number of aryl methyl sites for hydroxylation is 1. The number of carbonyl (C=O) groups is 1. The van der Waals surface area contributed by atoms with Crippen LogP contribution in [-0.4, -0.2) is 37.0 Å². The van der Waals surface area contributed by atoms with Gasteiger partial charge in [0, 0.05) is 18.8 Å². The quantitative estimate of drug-likeness (QED) is 0.522. The van der Waals surface area contributed by atoms with Crippen LogP contribution in [0.25, 0.3) is 0 Å². The Morgan fingerprint density at radius 2 is 1.91 bits per heavy atom. The van der Waals surface area contributed by atoms with Crippen molar-refractivity contribution in [3.63, 3.8) is 0 Å². The van der Waals surface area contributed by atoms with Crippen LogP contribution in [0, 0.1) is 12.8 Å². The number of carbonyl (C=O) groups excluding carboxylic acids is 1. The number of piperidine rings is 1. The summed E-state index contributed by atoms with van der Waals surface area (Å²) < 4.78 is 5.95. The SMILES string of the molecule is Cc1cccc(C2(C(=O)Nc3ccc(OCCCN4CCC[C@@H](C)C4)cc3)CCCC2)c1. The molecular formula is C28H38N2O2. The van der Waals surface area contributed by atoms with Crippen LogP contribution >= 0.6 is 0 Å². The second-order valence-corrected chi connectivity index (χ2v) is 9.89. The lowest BCUT2D eigenvalue weighted by Crippen LogP contribution is -2.38. The number of benzene rings is 2. The summed E-state index contributed by atoms with van der Waals surface area (Å²) in [5.74, 6) is 1.80. The number of amides is 1. The number of nitrogens with one attached hydrogen (secondary N) is 1. The molecule has 4 nitrogen and oxygen atoms in total. The first-order valence-corrected chi connectivity index (χ1v) is 12.4. The third kappa shape index (κ3) is 5.53. The monoisotopic (exact) mass is 434 g/mol. The molecule has 0 spiro atoms. The Morgan fingerprint density at radius 3 is 2.62 bits per heavy atom. The molecule has 0 bridgehead atoms. The lowest BCUT2D eigenvalue weighted by atomic mass is 9.77. The highest BCUT2D eigenvalue weighted by atomic mass is 16.5. The third-order valence-electron chi connectivity index (χ3n) is 7.20. The average molecular weight is 435 g/mol. The molecule has 1 saturated heterocycles. The van der Waals surface area contributed by atoms with Gasteiger partial charge in [0.1, 0.15) is 5.75 Å². The normalized spacial score (nSPS) is 20.8. The number of anilines is 1. The van der Waals surface area contributed by atoms with Gasteiger partial charge in [-0.15, -0.1) is 0 Å². The highest BCUT2D eigenvalue weighted by Gasteiger charge is 2.42. The molecule has 2 aromatic rings. The van der Waals surface area contributed by atoms with Crippen LogP contribution in [0.5, 0.6) is 5.75 Å². The van der Waals surface area contributed by atoms with E-state index in [1.54, 1.807) is 0 Å². The van der Waals surface area contributed by atoms with Crippen molar-refractivity contribution in [1.29, 1.82) is 0 Å². The maximum absolute atomic E-state index is 13.4. The van der Waals surface area contributed by atoms with Gasteiger partial charge in [-0.25, -0.2) is 0 Å². The van der Waals surface area contributed by atoms with Gasteiger partial charge >= 0.3 is 0 Å². The van der Waals surface area contributed by atoms with Crippen LogP contribution in [0.3, 0.4) is 0 Å². The first-order chi connectivity index (χ1) is 15.5. The average Bonchev–Trinajstić information content (AvgIpc) is 3.29. The zero-order valence-electron chi connectivity index (χ0n) is 19.7. The van der Waals surface area contributed by atoms with Gasteiger partial charge in [-0.3, -0.25) is 4.79 Å². The number of ether oxygens (including phenoxy) is 1. The van der Waals surface area contributed by atoms with E-state index in [2.05, 4.69) is 48.3 Å². The minimum absolute atomic E-state index is 0.116. The van der Waals surface area contributed by atoms with Crippen LogP contribution in [0.4, 0.5) is 5.69 Å². The van der Waals surface area contributed by atoms with Gasteiger partial charge in [-0.05, 0) is 81.3 Å². The Bertz CT molecular complexity index is 887. The van der Waals surface area contributed by atoms with E-state index in [9.17, 15) is 4.79 Å². The van der Waals surface area contributed by atoms with Crippen molar-refractivity contribution in [2.45, 2.75) is 64.2 Å². The van der Waals surface area contributed by atoms with Crippen LogP contribution < -0.4 is 10.1 Å². The Morgan fingerprint density at radius 1 is 1.12 bits per heavy atom. The van der Waals surface area contributed by atoms with Crippen LogP contribution in [0.2, 0.25) is 0 Å². The first kappa shape index (κ1) is 22.8. The summed E-state index contributed by atoms with van der Waals surface area (Å²) in [6.07, 6.45) is 7.76. The number of rotatable bonds is 8. The highest BCUT2D eigenvalue weighted by molar-refractivity contribution is 5.99. The Kier molecular flexibility index (Phi) is 7.51. The van der Waals surface area contributed by atoms with Crippen LogP contribution in [0.1, 0.15) is 63.0 Å². The second kappa shape index (κ2) is 10.5. The van der Waals surface area contributed by atoms with Crippen molar-refractivity contribution in [2.24, 2.45) is 5.92 Å². The fourth-order valence-electron chi connectivity index (χ4n) is 5.42. The van der Waals surface area contributed by atoms with Crippen molar-refractivity contribution in [2.75, 3.05) is 31.6 Å². The molecule has 1 saturated carbocycles. The molecule has 0 aromatic heterocycles. The van der Waals surface area contributed by atoms with Gasteiger partial charge in [-0.2, -0.15) is 0 Å². The molecule has 2 aromatic carbocycles. The fraction of sp³-hybridized carbons (Fsp3) is 0.536. The largest absolute Gasteiger partial charge is 0.494 e. The van der Waals surface area contributed by atoms with Crippen molar-refractivity contribution in [1.82, 2.24) is 4.90 Å². The molecule has 1 aliphatic heterocycles. The molecule has 2 aliphatic rings. The van der Waals surface area contributed by atoms with Crippen molar-refractivity contribution in [3.05, 3.63) is 59.7 Å². The summed E-state index contributed by atoms with van der Waals surface area (Å²) >= 11 is 0. The lowest BCUT2D eigenvalue weighted by molar-refractivity contribution is -0.121. The molecule has 1 amide bonds. The van der Waals surface area contributed by atoms with Crippen LogP contribution in [-0.2, 0) is 10.2 Å². The number of likely N-dealkylation sites (tertiary alicyclic amines) is 1. The molecule has 0 radical (unpaired) electrons. The molecule has 0 unspecified atom stereocenters. The van der Waals surface area contributed by atoms with E-state index < -0.39 is 5.41 Å². The van der Waals surface area contributed by atoms with E-state index in [1.165, 1.54) is 31.5 Å². The maximum atomic E-state index is 13.4. The van der Waals surface area contributed by atoms with E-state index in [0.717, 1.165) is 68.2 Å². The minimum atomic E-state index is -0.410. The van der Waals surface area contributed by atoms with E-state index in [0.29, 0.717) is 0 Å². The fourth-order valence-corrected chi connectivity index (χ4v) is 5.42. The third-order valence-corrected chi connectivity index (χ3v) is 7.20. The second-order valence-electron chi connectivity index (χ2n) is 9.89. The van der Waals surface area contributed by atoms with E-state index in [4.69, 9.17) is 4.74 Å². The Hall–Kier alpha value is -2.33. The van der Waals surface area contributed by atoms with Crippen LogP contribution in [0.15, 0.2) is 48.5 Å². The van der Waals surface area contributed by atoms with Gasteiger partial charge in [0.2, 0.25) is 5.91 Å². The Balaban J connectivity index is 1.29. The molecule has 1 atom stereocenters. The summed E-state index contributed by atoms with van der Waals surface area (Å²) in [4.78, 5) is 15.9. The molecule has 4 heteroatoms. The summed E-state index contributed by atoms with van der Waals surface area (Å²) in [6, 6.07) is 16.3. The predicted octanol–water partition coefficient (Wildman–Crippen LogP) is 5.95. The van der Waals surface area contributed by atoms with Crippen molar-refractivity contribution >= 4 is 11.6 Å². The maximum Gasteiger partial charge on any atom is 0.235 e. The minimum Gasteiger partial charge on any atom is -0.494 e. The van der Waals surface area contributed by atoms with Gasteiger partial charge in [0.15, 0.2) is 0 Å². The van der Waals surface area contributed by atoms with Crippen molar-refractivity contribution < 1.29 is 9.53 Å². The van der Waals surface area contributed by atoms with Gasteiger partial charge in [0.25, 0.3) is 0 Å². The lowest BCUT2D eigenvalue weighted by Gasteiger charge is -2.30. The van der Waals surface area contributed by atoms with E-state index in [-0.39, 0.29) is 5.91 Å². The standard InChI is InChI=1S/C28H38N2O2/c1-22-8-5-10-24(20-22)28(15-3-4-16-28)27(31)29-25-11-13-26(14-12-25)32-19-7-18-30-17-6-9-23(2)21-30/h5,8,10-14,20,23H,3-4,6-7,9,15-19,21H2,1-2H3,(H,29,31)/t23-/m1/s1. The number of nitrogens with zero attached hydrogens (tertiary/aromatic N) is 1. The zero-order valence-corrected chi connectivity index (χ0v) is 19.7. The molecular weight excluding hydrogens is 396 g/mol. The molecule has 1 aliphatic carbocycles. The summed E-state index contributed by atoms with van der Waals surface area (Å²) in [6.45, 7) is 8.72. The zero-order chi connectivity index (χ0) is 22.4. The number of hydrogen-bond donors (Lipinski definition) is 1. The smallest absolute Gasteiger partial charge is 0.235 e. The van der Waals surface area contributed by atoms with Crippen molar-refractivity contribution in [3.8, 4) is 5.75 Å². The summed E-state index contributed by atoms with van der Waals surface area (Å²) in [5, 5.41) is 3.18. The summed E-state index contributed by atoms with van der Waals surface area (Å²) in [7, 11) is 0. The molecule has 4 rings (SSSR count). The molecule has 32 heavy (non-hydrogen) atoms. The Labute approximate surface area is 193 Å². The van der Waals surface area contributed by atoms with Gasteiger partial charge in [-0.1, -0.05) is 49.6 Å². The van der Waals surface area contributed by atoms with Gasteiger partial charge < -0.3 is 15.0 Å². The molecule has 172 valence electrons.